The predicted octanol–water partition coefficient (Wildman–Crippen LogP) is 4.60. The average Bonchev–Trinajstić information content (AvgIpc) is 3.07. The number of likely N-dealkylation sites (tertiary alicyclic amines) is 2. The lowest BCUT2D eigenvalue weighted by Gasteiger charge is -2.38. The van der Waals surface area contributed by atoms with Gasteiger partial charge in [0.2, 0.25) is 5.91 Å². The number of aromatic nitrogens is 1. The van der Waals surface area contributed by atoms with Crippen molar-refractivity contribution in [3.63, 3.8) is 0 Å². The molecule has 3 heterocycles. The van der Waals surface area contributed by atoms with Crippen molar-refractivity contribution < 1.29 is 4.79 Å². The molecule has 1 amide bonds. The quantitative estimate of drug-likeness (QED) is 0.832. The van der Waals surface area contributed by atoms with Crippen LogP contribution in [-0.4, -0.2) is 46.9 Å². The topological polar surface area (TPSA) is 39.3 Å². The van der Waals surface area contributed by atoms with Crippen molar-refractivity contribution >= 4 is 28.4 Å². The van der Waals surface area contributed by atoms with Crippen LogP contribution in [0.5, 0.6) is 0 Å². The fraction of sp³-hybridized carbons (Fsp3) is 0.591. The number of H-pyrrole nitrogens is 1. The minimum atomic E-state index is 0.214. The number of amides is 1. The third-order valence-electron chi connectivity index (χ3n) is 6.41. The average molecular weight is 388 g/mol. The van der Waals surface area contributed by atoms with Gasteiger partial charge in [-0.25, -0.2) is 0 Å². The van der Waals surface area contributed by atoms with E-state index >= 15 is 0 Å². The first-order valence-corrected chi connectivity index (χ1v) is 10.5. The molecule has 146 valence electrons. The number of aryl methyl sites for hydroxylation is 1. The second kappa shape index (κ2) is 7.14. The smallest absolute Gasteiger partial charge is 0.223 e. The largest absolute Gasteiger partial charge is 0.357 e. The molecular weight excluding hydrogens is 358 g/mol. The minimum absolute atomic E-state index is 0.214. The van der Waals surface area contributed by atoms with Gasteiger partial charge in [-0.3, -0.25) is 9.69 Å². The summed E-state index contributed by atoms with van der Waals surface area (Å²) in [4.78, 5) is 20.6. The first kappa shape index (κ1) is 18.8. The van der Waals surface area contributed by atoms with Gasteiger partial charge in [-0.1, -0.05) is 25.4 Å². The number of piperidine rings is 1. The molecule has 2 aromatic rings. The van der Waals surface area contributed by atoms with E-state index < -0.39 is 0 Å². The first-order valence-electron chi connectivity index (χ1n) is 10.1. The highest BCUT2D eigenvalue weighted by molar-refractivity contribution is 6.31. The molecule has 4 nitrogen and oxygen atoms in total. The molecule has 5 heteroatoms. The van der Waals surface area contributed by atoms with E-state index in [9.17, 15) is 4.79 Å². The Balaban J connectivity index is 1.40. The van der Waals surface area contributed by atoms with Crippen LogP contribution in [0.15, 0.2) is 18.2 Å². The monoisotopic (exact) mass is 387 g/mol. The highest BCUT2D eigenvalue weighted by atomic mass is 35.5. The van der Waals surface area contributed by atoms with Crippen LogP contribution in [0.25, 0.3) is 10.9 Å². The van der Waals surface area contributed by atoms with Crippen molar-refractivity contribution in [1.29, 1.82) is 0 Å². The number of benzene rings is 1. The molecule has 0 radical (unpaired) electrons. The van der Waals surface area contributed by atoms with Crippen LogP contribution in [0.4, 0.5) is 0 Å². The number of halogens is 1. The zero-order valence-corrected chi connectivity index (χ0v) is 17.4. The summed E-state index contributed by atoms with van der Waals surface area (Å²) < 4.78 is 0. The maximum Gasteiger partial charge on any atom is 0.223 e. The maximum absolute atomic E-state index is 12.4. The van der Waals surface area contributed by atoms with Crippen LogP contribution in [-0.2, 0) is 11.3 Å². The van der Waals surface area contributed by atoms with Gasteiger partial charge >= 0.3 is 0 Å². The third kappa shape index (κ3) is 3.74. The Labute approximate surface area is 166 Å². The zero-order chi connectivity index (χ0) is 19.2. The summed E-state index contributed by atoms with van der Waals surface area (Å²) in [7, 11) is 0. The van der Waals surface area contributed by atoms with Gasteiger partial charge in [-0.05, 0) is 68.0 Å². The van der Waals surface area contributed by atoms with Crippen LogP contribution in [0.2, 0.25) is 5.02 Å². The van der Waals surface area contributed by atoms with Gasteiger partial charge in [-0.15, -0.1) is 0 Å². The Bertz CT molecular complexity index is 849. The van der Waals surface area contributed by atoms with Gasteiger partial charge in [0.15, 0.2) is 0 Å². The number of rotatable bonds is 4. The summed E-state index contributed by atoms with van der Waals surface area (Å²) in [6.45, 7) is 11.5. The highest BCUT2D eigenvalue weighted by Crippen LogP contribution is 2.41. The van der Waals surface area contributed by atoms with Crippen LogP contribution >= 0.6 is 11.6 Å². The molecule has 1 aromatic heterocycles. The summed E-state index contributed by atoms with van der Waals surface area (Å²) in [6, 6.07) is 6.05. The number of carbonyl (C=O) groups is 1. The maximum atomic E-state index is 12.4. The number of nitrogens with one attached hydrogen (secondary N) is 1. The van der Waals surface area contributed by atoms with E-state index in [1.165, 1.54) is 16.6 Å². The highest BCUT2D eigenvalue weighted by Gasteiger charge is 2.44. The zero-order valence-electron chi connectivity index (χ0n) is 16.6. The molecule has 0 aliphatic carbocycles. The van der Waals surface area contributed by atoms with Gasteiger partial charge in [-0.2, -0.15) is 0 Å². The second-order valence-electron chi connectivity index (χ2n) is 9.04. The normalized spacial score (nSPS) is 20.5. The van der Waals surface area contributed by atoms with E-state index in [2.05, 4.69) is 41.6 Å². The summed E-state index contributed by atoms with van der Waals surface area (Å²) in [5.74, 6) is 0.906. The Morgan fingerprint density at radius 3 is 2.70 bits per heavy atom. The number of hydrogen-bond acceptors (Lipinski definition) is 2. The van der Waals surface area contributed by atoms with Crippen LogP contribution in [0.1, 0.15) is 44.4 Å². The fourth-order valence-corrected chi connectivity index (χ4v) is 5.02. The lowest BCUT2D eigenvalue weighted by atomic mass is 9.77. The molecule has 4 rings (SSSR count). The molecule has 2 saturated heterocycles. The van der Waals surface area contributed by atoms with Crippen LogP contribution in [0.3, 0.4) is 0 Å². The molecule has 0 bridgehead atoms. The number of hydrogen-bond donors (Lipinski definition) is 1. The van der Waals surface area contributed by atoms with Crippen molar-refractivity contribution in [1.82, 2.24) is 14.8 Å². The van der Waals surface area contributed by atoms with E-state index in [0.717, 1.165) is 62.5 Å². The van der Waals surface area contributed by atoms with Crippen LogP contribution < -0.4 is 0 Å². The van der Waals surface area contributed by atoms with Gasteiger partial charge in [0.05, 0.1) is 0 Å². The van der Waals surface area contributed by atoms with Gasteiger partial charge < -0.3 is 9.88 Å². The molecule has 1 aromatic carbocycles. The second-order valence-corrected chi connectivity index (χ2v) is 9.48. The third-order valence-corrected chi connectivity index (χ3v) is 6.65. The van der Waals surface area contributed by atoms with Crippen molar-refractivity contribution in [2.24, 2.45) is 11.3 Å². The van der Waals surface area contributed by atoms with E-state index in [1.807, 2.05) is 12.1 Å². The Kier molecular flexibility index (Phi) is 4.98. The first-order chi connectivity index (χ1) is 12.8. The van der Waals surface area contributed by atoms with E-state index in [0.29, 0.717) is 11.8 Å². The fourth-order valence-electron chi connectivity index (χ4n) is 4.85. The lowest BCUT2D eigenvalue weighted by Crippen LogP contribution is -2.41. The van der Waals surface area contributed by atoms with Gasteiger partial charge in [0.25, 0.3) is 0 Å². The summed E-state index contributed by atoms with van der Waals surface area (Å²) in [6.07, 6.45) is 2.99. The lowest BCUT2D eigenvalue weighted by molar-refractivity contribution is -0.128. The molecule has 0 saturated carbocycles. The number of aromatic amines is 1. The van der Waals surface area contributed by atoms with Crippen molar-refractivity contribution in [3.05, 3.63) is 34.5 Å². The van der Waals surface area contributed by atoms with Crippen LogP contribution in [0, 0.1) is 18.3 Å². The standard InChI is InChI=1S/C22H30ClN3O/c1-15(2)12-26-14-22(11-21(26)27)6-8-25(9-7-22)13-20-16(3)18-10-17(23)4-5-19(18)24-20/h4-5,10,15,24H,6-9,11-14H2,1-3H3. The van der Waals surface area contributed by atoms with E-state index in [1.54, 1.807) is 0 Å². The van der Waals surface area contributed by atoms with E-state index in [4.69, 9.17) is 11.6 Å². The van der Waals surface area contributed by atoms with E-state index in [-0.39, 0.29) is 5.41 Å². The predicted molar refractivity (Wildman–Crippen MR) is 111 cm³/mol. The summed E-state index contributed by atoms with van der Waals surface area (Å²) in [5, 5.41) is 2.00. The van der Waals surface area contributed by atoms with Crippen molar-refractivity contribution in [2.75, 3.05) is 26.2 Å². The molecule has 2 fully saturated rings. The number of nitrogens with zero attached hydrogens (tertiary/aromatic N) is 2. The molecule has 0 unspecified atom stereocenters. The molecule has 0 atom stereocenters. The Hall–Kier alpha value is -1.52. The molecule has 1 spiro atoms. The van der Waals surface area contributed by atoms with Gasteiger partial charge in [0.1, 0.15) is 0 Å². The SMILES string of the molecule is Cc1c(CN2CCC3(CC2)CC(=O)N(CC(C)C)C3)[nH]c2ccc(Cl)cc12. The van der Waals surface area contributed by atoms with Crippen molar-refractivity contribution in [2.45, 2.75) is 46.6 Å². The van der Waals surface area contributed by atoms with Gasteiger partial charge in [0, 0.05) is 47.7 Å². The number of carbonyl (C=O) groups excluding carboxylic acids is 1. The molecule has 2 aliphatic heterocycles. The Morgan fingerprint density at radius 2 is 2.00 bits per heavy atom. The molecular formula is C22H30ClN3O. The summed E-state index contributed by atoms with van der Waals surface area (Å²) >= 11 is 6.16. The molecule has 27 heavy (non-hydrogen) atoms. The minimum Gasteiger partial charge on any atom is -0.357 e. The Morgan fingerprint density at radius 1 is 1.26 bits per heavy atom. The molecule has 1 N–H and O–H groups in total. The van der Waals surface area contributed by atoms with Crippen molar-refractivity contribution in [3.8, 4) is 0 Å². The number of fused-ring (bicyclic) bond motifs is 1. The molecule has 2 aliphatic rings. The summed E-state index contributed by atoms with van der Waals surface area (Å²) in [5.41, 5.74) is 3.95.